The van der Waals surface area contributed by atoms with Crippen LogP contribution < -0.4 is 15.7 Å². The second-order valence-corrected chi connectivity index (χ2v) is 4.14. The molecule has 90 valence electrons. The van der Waals surface area contributed by atoms with Crippen LogP contribution in [0, 0.1) is 0 Å². The van der Waals surface area contributed by atoms with E-state index in [1.54, 1.807) is 12.1 Å². The van der Waals surface area contributed by atoms with E-state index in [9.17, 15) is 10.0 Å². The third-order valence-corrected chi connectivity index (χ3v) is 2.75. The van der Waals surface area contributed by atoms with Gasteiger partial charge in [-0.15, -0.1) is 0 Å². The van der Waals surface area contributed by atoms with Gasteiger partial charge in [0, 0.05) is 5.46 Å². The van der Waals surface area contributed by atoms with Crippen molar-refractivity contribution in [2.45, 2.75) is 6.61 Å². The first-order valence-corrected chi connectivity index (χ1v) is 5.81. The normalized spacial score (nSPS) is 10.1. The second-order valence-electron chi connectivity index (χ2n) is 4.14. The van der Waals surface area contributed by atoms with Gasteiger partial charge in [-0.2, -0.15) is 0 Å². The first-order valence-electron chi connectivity index (χ1n) is 5.81. The fourth-order valence-corrected chi connectivity index (χ4v) is 1.81. The van der Waals surface area contributed by atoms with Gasteiger partial charge in [0.15, 0.2) is 0 Å². The summed E-state index contributed by atoms with van der Waals surface area (Å²) in [5, 5.41) is 18.6. The van der Waals surface area contributed by atoms with Gasteiger partial charge in [0.05, 0.1) is 0 Å². The number of ether oxygens (including phenoxy) is 1. The van der Waals surface area contributed by atoms with E-state index >= 15 is 0 Å². The number of para-hydroxylation sites is 1. The molecule has 3 nitrogen and oxygen atoms in total. The van der Waals surface area contributed by atoms with Crippen LogP contribution in [0.25, 0.3) is 0 Å². The van der Waals surface area contributed by atoms with Crippen molar-refractivity contribution in [1.82, 2.24) is 0 Å². The second kappa shape index (κ2) is 5.76. The molecule has 0 heterocycles. The molecule has 0 atom stereocenters. The van der Waals surface area contributed by atoms with Crippen LogP contribution in [0.5, 0.6) is 5.75 Å². The van der Waals surface area contributed by atoms with Crippen molar-refractivity contribution >= 4 is 25.9 Å². The summed E-state index contributed by atoms with van der Waals surface area (Å²) in [6, 6.07) is 15.1. The van der Waals surface area contributed by atoms with Crippen LogP contribution in [-0.2, 0) is 6.61 Å². The number of hydrogen-bond acceptors (Lipinski definition) is 3. The monoisotopic (exact) mass is 240 g/mol. The van der Waals surface area contributed by atoms with Gasteiger partial charge in [-0.1, -0.05) is 48.5 Å². The third-order valence-electron chi connectivity index (χ3n) is 2.75. The maximum absolute atomic E-state index is 9.30. The Kier molecular flexibility index (Phi) is 4.07. The van der Waals surface area contributed by atoms with E-state index in [4.69, 9.17) is 4.74 Å². The molecule has 2 N–H and O–H groups in total. The standard InChI is InChI=1S/C13H14B2O3/c14-11-7-4-8-12(15(16)17)13(11)18-9-10-5-2-1-3-6-10/h1-8,16-17H,9,14H2. The fraction of sp³-hybridized carbons (Fsp3) is 0.0769. The summed E-state index contributed by atoms with van der Waals surface area (Å²) in [4.78, 5) is 0. The molecule has 5 heteroatoms. The predicted molar refractivity (Wildman–Crippen MR) is 75.2 cm³/mol. The van der Waals surface area contributed by atoms with Gasteiger partial charge >= 0.3 is 7.12 Å². The lowest BCUT2D eigenvalue weighted by Crippen LogP contribution is -2.34. The Morgan fingerprint density at radius 3 is 2.39 bits per heavy atom. The molecule has 0 bridgehead atoms. The van der Waals surface area contributed by atoms with Crippen molar-refractivity contribution in [3.63, 3.8) is 0 Å². The van der Waals surface area contributed by atoms with Crippen LogP contribution in [0.3, 0.4) is 0 Å². The van der Waals surface area contributed by atoms with Crippen molar-refractivity contribution in [1.29, 1.82) is 0 Å². The molecule has 0 aliphatic carbocycles. The summed E-state index contributed by atoms with van der Waals surface area (Å²) in [6.45, 7) is 0.408. The first-order chi connectivity index (χ1) is 8.68. The zero-order chi connectivity index (χ0) is 13.0. The van der Waals surface area contributed by atoms with Gasteiger partial charge in [-0.3, -0.25) is 0 Å². The minimum absolute atomic E-state index is 0.394. The van der Waals surface area contributed by atoms with E-state index in [1.807, 2.05) is 44.2 Å². The van der Waals surface area contributed by atoms with E-state index in [1.165, 1.54) is 0 Å². The van der Waals surface area contributed by atoms with E-state index in [0.717, 1.165) is 11.0 Å². The van der Waals surface area contributed by atoms with Crippen molar-refractivity contribution in [3.05, 3.63) is 54.1 Å². The molecule has 2 rings (SSSR count). The smallest absolute Gasteiger partial charge is 0.490 e. The third kappa shape index (κ3) is 2.94. The predicted octanol–water partition coefficient (Wildman–Crippen LogP) is -0.796. The zero-order valence-corrected chi connectivity index (χ0v) is 10.2. The van der Waals surface area contributed by atoms with Gasteiger partial charge in [0.2, 0.25) is 0 Å². The molecular formula is C13H14B2O3. The van der Waals surface area contributed by atoms with Crippen molar-refractivity contribution in [2.24, 2.45) is 0 Å². The maximum Gasteiger partial charge on any atom is 0.492 e. The highest BCUT2D eigenvalue weighted by molar-refractivity contribution is 6.60. The lowest BCUT2D eigenvalue weighted by molar-refractivity contribution is 0.309. The van der Waals surface area contributed by atoms with Gasteiger partial charge < -0.3 is 14.8 Å². The summed E-state index contributed by atoms with van der Waals surface area (Å²) in [5.74, 6) is 0.538. The zero-order valence-electron chi connectivity index (χ0n) is 10.2. The molecule has 0 radical (unpaired) electrons. The largest absolute Gasteiger partial charge is 0.492 e. The molecular weight excluding hydrogens is 226 g/mol. The lowest BCUT2D eigenvalue weighted by atomic mass is 9.76. The summed E-state index contributed by atoms with van der Waals surface area (Å²) in [5.41, 5.74) is 2.32. The fourth-order valence-electron chi connectivity index (χ4n) is 1.81. The van der Waals surface area contributed by atoms with Gasteiger partial charge in [0.1, 0.15) is 20.2 Å². The summed E-state index contributed by atoms with van der Waals surface area (Å²) >= 11 is 0. The Morgan fingerprint density at radius 1 is 1.00 bits per heavy atom. The Labute approximate surface area is 108 Å². The molecule has 0 saturated heterocycles. The molecule has 0 spiro atoms. The molecule has 2 aromatic rings. The summed E-state index contributed by atoms with van der Waals surface area (Å²) < 4.78 is 5.70. The molecule has 0 amide bonds. The van der Waals surface area contributed by atoms with Crippen LogP contribution in [-0.4, -0.2) is 25.0 Å². The average molecular weight is 240 g/mol. The van der Waals surface area contributed by atoms with E-state index in [0.29, 0.717) is 17.8 Å². The number of hydrogen-bond donors (Lipinski definition) is 2. The topological polar surface area (TPSA) is 49.7 Å². The van der Waals surface area contributed by atoms with Gasteiger partial charge in [0.25, 0.3) is 0 Å². The summed E-state index contributed by atoms with van der Waals surface area (Å²) in [6.07, 6.45) is 0. The van der Waals surface area contributed by atoms with Crippen LogP contribution in [0.2, 0.25) is 0 Å². The van der Waals surface area contributed by atoms with Crippen LogP contribution in [0.1, 0.15) is 5.56 Å². The Morgan fingerprint density at radius 2 is 1.72 bits per heavy atom. The van der Waals surface area contributed by atoms with Crippen molar-refractivity contribution < 1.29 is 14.8 Å². The Hall–Kier alpha value is -1.71. The van der Waals surface area contributed by atoms with E-state index in [2.05, 4.69) is 0 Å². The maximum atomic E-state index is 9.30. The minimum atomic E-state index is -1.52. The van der Waals surface area contributed by atoms with E-state index < -0.39 is 7.12 Å². The Balaban J connectivity index is 2.19. The number of rotatable bonds is 4. The first kappa shape index (κ1) is 12.7. The van der Waals surface area contributed by atoms with Crippen molar-refractivity contribution in [2.75, 3.05) is 0 Å². The van der Waals surface area contributed by atoms with Crippen molar-refractivity contribution in [3.8, 4) is 5.75 Å². The molecule has 0 aliphatic rings. The van der Waals surface area contributed by atoms with Crippen LogP contribution >= 0.6 is 0 Å². The molecule has 0 aliphatic heterocycles. The lowest BCUT2D eigenvalue weighted by Gasteiger charge is -2.14. The molecule has 0 saturated carbocycles. The molecule has 0 unspecified atom stereocenters. The molecule has 18 heavy (non-hydrogen) atoms. The number of benzene rings is 2. The minimum Gasteiger partial charge on any atom is -0.490 e. The van der Waals surface area contributed by atoms with E-state index in [-0.39, 0.29) is 0 Å². The summed E-state index contributed by atoms with van der Waals surface area (Å²) in [7, 11) is 0.363. The highest BCUT2D eigenvalue weighted by Gasteiger charge is 2.18. The quantitative estimate of drug-likeness (QED) is 0.688. The molecule has 0 fully saturated rings. The molecule has 0 aromatic heterocycles. The van der Waals surface area contributed by atoms with Gasteiger partial charge in [-0.25, -0.2) is 0 Å². The van der Waals surface area contributed by atoms with Crippen LogP contribution in [0.4, 0.5) is 0 Å². The van der Waals surface area contributed by atoms with Crippen LogP contribution in [0.15, 0.2) is 48.5 Å². The molecule has 2 aromatic carbocycles. The highest BCUT2D eigenvalue weighted by Crippen LogP contribution is 2.08. The average Bonchev–Trinajstić information content (AvgIpc) is 2.38. The Bertz CT molecular complexity index is 515. The highest BCUT2D eigenvalue weighted by atomic mass is 16.5. The van der Waals surface area contributed by atoms with Gasteiger partial charge in [-0.05, 0) is 11.0 Å². The SMILES string of the molecule is Bc1cccc(B(O)O)c1OCc1ccccc1.